The van der Waals surface area contributed by atoms with E-state index in [1.807, 2.05) is 37.6 Å². The Kier molecular flexibility index (Phi) is 10.4. The monoisotopic (exact) mass is 336 g/mol. The molecule has 0 aliphatic heterocycles. The minimum atomic E-state index is -0.833. The Hall–Kier alpha value is -2.74. The molecule has 2 heterocycles. The van der Waals surface area contributed by atoms with Crippen molar-refractivity contribution in [3.8, 4) is 11.4 Å². The van der Waals surface area contributed by atoms with Crippen molar-refractivity contribution < 1.29 is 19.8 Å². The zero-order valence-electron chi connectivity index (χ0n) is 14.1. The third kappa shape index (κ3) is 10.9. The molecule has 0 saturated heterocycles. The van der Waals surface area contributed by atoms with Crippen LogP contribution in [0, 0.1) is 0 Å². The molecule has 2 rings (SSSR count). The van der Waals surface area contributed by atoms with Crippen LogP contribution in [0.4, 0.5) is 0 Å². The third-order valence-corrected chi connectivity index (χ3v) is 2.46. The Morgan fingerprint density at radius 3 is 2.29 bits per heavy atom. The number of pyridine rings is 1. The molecule has 0 fully saturated rings. The molecule has 132 valence electrons. The summed E-state index contributed by atoms with van der Waals surface area (Å²) in [6, 6.07) is 4.14. The molecular formula is C16H24N4O4. The number of aliphatic carboxylic acids is 2. The van der Waals surface area contributed by atoms with Gasteiger partial charge in [-0.15, -0.1) is 0 Å². The number of hydrogen-bond donors (Lipinski definition) is 3. The minimum Gasteiger partial charge on any atom is -0.481 e. The van der Waals surface area contributed by atoms with Crippen molar-refractivity contribution in [3.05, 3.63) is 36.9 Å². The first-order chi connectivity index (χ1) is 11.2. The van der Waals surface area contributed by atoms with E-state index in [1.165, 1.54) is 0 Å². The highest BCUT2D eigenvalue weighted by atomic mass is 16.4. The fraction of sp³-hybridized carbons (Fsp3) is 0.375. The Morgan fingerprint density at radius 1 is 1.25 bits per heavy atom. The van der Waals surface area contributed by atoms with E-state index in [1.54, 1.807) is 6.20 Å². The molecule has 2 aromatic heterocycles. The molecule has 0 spiro atoms. The molecular weight excluding hydrogens is 312 g/mol. The summed E-state index contributed by atoms with van der Waals surface area (Å²) in [6.07, 6.45) is 8.32. The normalized spacial score (nSPS) is 10.5. The zero-order valence-corrected chi connectivity index (χ0v) is 14.1. The van der Waals surface area contributed by atoms with Crippen molar-refractivity contribution in [1.29, 1.82) is 0 Å². The van der Waals surface area contributed by atoms with Gasteiger partial charge in [-0.3, -0.25) is 14.6 Å². The van der Waals surface area contributed by atoms with E-state index < -0.39 is 11.9 Å². The maximum Gasteiger partial charge on any atom is 0.300 e. The molecule has 8 nitrogen and oxygen atoms in total. The minimum absolute atomic E-state index is 0.212. The topological polar surface area (TPSA) is 131 Å². The predicted octanol–water partition coefficient (Wildman–Crippen LogP) is 1.86. The van der Waals surface area contributed by atoms with Gasteiger partial charge in [0.15, 0.2) is 0 Å². The lowest BCUT2D eigenvalue weighted by Crippen LogP contribution is -2.17. The maximum atomic E-state index is 9.00. The first-order valence-corrected chi connectivity index (χ1v) is 7.30. The number of nitrogens with zero attached hydrogens (tertiary/aromatic N) is 3. The number of rotatable bonds is 4. The molecule has 4 N–H and O–H groups in total. The molecule has 0 aliphatic carbocycles. The van der Waals surface area contributed by atoms with Gasteiger partial charge in [0, 0.05) is 56.8 Å². The lowest BCUT2D eigenvalue weighted by Gasteiger charge is -2.09. The van der Waals surface area contributed by atoms with Gasteiger partial charge in [-0.2, -0.15) is 0 Å². The van der Waals surface area contributed by atoms with Crippen LogP contribution in [0.5, 0.6) is 0 Å². The van der Waals surface area contributed by atoms with Crippen molar-refractivity contribution in [2.45, 2.75) is 39.8 Å². The van der Waals surface area contributed by atoms with Gasteiger partial charge in [0.05, 0.1) is 0 Å². The molecule has 8 heteroatoms. The van der Waals surface area contributed by atoms with Crippen LogP contribution in [0.1, 0.15) is 27.2 Å². The van der Waals surface area contributed by atoms with E-state index in [0.717, 1.165) is 38.2 Å². The Balaban J connectivity index is 0.000000558. The summed E-state index contributed by atoms with van der Waals surface area (Å²) in [7, 11) is 0. The first kappa shape index (κ1) is 21.3. The number of imidazole rings is 1. The van der Waals surface area contributed by atoms with Gasteiger partial charge in [0.25, 0.3) is 11.9 Å². The lowest BCUT2D eigenvalue weighted by molar-refractivity contribution is -0.135. The number of carboxylic acids is 2. The molecule has 1 unspecified atom stereocenters. The van der Waals surface area contributed by atoms with Crippen molar-refractivity contribution >= 4 is 11.9 Å². The number of nitrogens with two attached hydrogens (primary N) is 1. The fourth-order valence-electron chi connectivity index (χ4n) is 1.59. The number of hydrogen-bond acceptors (Lipinski definition) is 5. The van der Waals surface area contributed by atoms with E-state index in [4.69, 9.17) is 25.5 Å². The standard InChI is InChI=1S/C12H16N4.2C2H4O2/c1-10(13)4-7-16-8-6-15-12(16)11-3-2-5-14-9-11;2*1-2(3)4/h2-3,5-6,8-10H,4,7,13H2,1H3;2*1H3,(H,3,4). The summed E-state index contributed by atoms with van der Waals surface area (Å²) >= 11 is 0. The third-order valence-electron chi connectivity index (χ3n) is 2.46. The molecule has 1 atom stereocenters. The Morgan fingerprint density at radius 2 is 1.83 bits per heavy atom. The number of carbonyl (C=O) groups is 2. The van der Waals surface area contributed by atoms with Crippen LogP contribution >= 0.6 is 0 Å². The highest BCUT2D eigenvalue weighted by Gasteiger charge is 2.05. The van der Waals surface area contributed by atoms with Crippen LogP contribution in [0.15, 0.2) is 36.9 Å². The molecule has 0 aromatic carbocycles. The summed E-state index contributed by atoms with van der Waals surface area (Å²) in [5.74, 6) is -0.714. The van der Waals surface area contributed by atoms with Gasteiger partial charge in [0.1, 0.15) is 5.82 Å². The van der Waals surface area contributed by atoms with Crippen LogP contribution in [-0.2, 0) is 16.1 Å². The molecule has 0 amide bonds. The number of aryl methyl sites for hydroxylation is 1. The van der Waals surface area contributed by atoms with Gasteiger partial charge < -0.3 is 20.5 Å². The smallest absolute Gasteiger partial charge is 0.300 e. The fourth-order valence-corrected chi connectivity index (χ4v) is 1.59. The van der Waals surface area contributed by atoms with E-state index in [-0.39, 0.29) is 6.04 Å². The Labute approximate surface area is 141 Å². The molecule has 0 saturated carbocycles. The van der Waals surface area contributed by atoms with E-state index >= 15 is 0 Å². The summed E-state index contributed by atoms with van der Waals surface area (Å²) in [5.41, 5.74) is 6.79. The largest absolute Gasteiger partial charge is 0.481 e. The molecule has 0 aliphatic rings. The summed E-state index contributed by atoms with van der Waals surface area (Å²) in [4.78, 5) is 26.4. The maximum absolute atomic E-state index is 9.00. The van der Waals surface area contributed by atoms with Crippen LogP contribution in [0.2, 0.25) is 0 Å². The van der Waals surface area contributed by atoms with Crippen LogP contribution < -0.4 is 5.73 Å². The number of carboxylic acid groups (broad SMARTS) is 2. The van der Waals surface area contributed by atoms with E-state index in [0.29, 0.717) is 0 Å². The SMILES string of the molecule is CC(=O)O.CC(=O)O.CC(N)CCn1ccnc1-c1cccnc1. The van der Waals surface area contributed by atoms with Crippen molar-refractivity contribution in [2.75, 3.05) is 0 Å². The van der Waals surface area contributed by atoms with Crippen LogP contribution in [0.3, 0.4) is 0 Å². The summed E-state index contributed by atoms with van der Waals surface area (Å²) in [5, 5.41) is 14.8. The quantitative estimate of drug-likeness (QED) is 0.776. The van der Waals surface area contributed by atoms with Crippen molar-refractivity contribution in [3.63, 3.8) is 0 Å². The highest BCUT2D eigenvalue weighted by molar-refractivity contribution is 5.63. The van der Waals surface area contributed by atoms with Gasteiger partial charge in [0.2, 0.25) is 0 Å². The molecule has 2 aromatic rings. The summed E-state index contributed by atoms with van der Waals surface area (Å²) in [6.45, 7) is 5.07. The Bertz CT molecular complexity index is 592. The van der Waals surface area contributed by atoms with Crippen molar-refractivity contribution in [1.82, 2.24) is 14.5 Å². The molecule has 0 bridgehead atoms. The predicted molar refractivity (Wildman–Crippen MR) is 90.3 cm³/mol. The molecule has 24 heavy (non-hydrogen) atoms. The second-order valence-electron chi connectivity index (χ2n) is 4.99. The van der Waals surface area contributed by atoms with Gasteiger partial charge in [-0.1, -0.05) is 0 Å². The zero-order chi connectivity index (χ0) is 18.5. The average Bonchev–Trinajstić information content (AvgIpc) is 2.93. The van der Waals surface area contributed by atoms with Gasteiger partial charge in [-0.05, 0) is 25.5 Å². The van der Waals surface area contributed by atoms with Gasteiger partial charge >= 0.3 is 0 Å². The first-order valence-electron chi connectivity index (χ1n) is 7.30. The lowest BCUT2D eigenvalue weighted by atomic mass is 10.2. The summed E-state index contributed by atoms with van der Waals surface area (Å²) < 4.78 is 2.11. The number of aromatic nitrogens is 3. The second-order valence-corrected chi connectivity index (χ2v) is 4.99. The molecule has 0 radical (unpaired) electrons. The second kappa shape index (κ2) is 11.8. The van der Waals surface area contributed by atoms with Gasteiger partial charge in [-0.25, -0.2) is 4.98 Å². The van der Waals surface area contributed by atoms with Crippen LogP contribution in [0.25, 0.3) is 11.4 Å². The van der Waals surface area contributed by atoms with E-state index in [2.05, 4.69) is 14.5 Å². The van der Waals surface area contributed by atoms with E-state index in [9.17, 15) is 0 Å². The highest BCUT2D eigenvalue weighted by Crippen LogP contribution is 2.15. The van der Waals surface area contributed by atoms with Crippen LogP contribution in [-0.4, -0.2) is 42.7 Å². The average molecular weight is 336 g/mol. The van der Waals surface area contributed by atoms with Crippen molar-refractivity contribution in [2.24, 2.45) is 5.73 Å².